The number of aliphatic carboxylic acids is 1. The molecule has 30 heavy (non-hydrogen) atoms. The van der Waals surface area contributed by atoms with E-state index >= 15 is 0 Å². The van der Waals surface area contributed by atoms with E-state index in [9.17, 15) is 14.7 Å². The number of halogens is 2. The van der Waals surface area contributed by atoms with Gasteiger partial charge in [0.1, 0.15) is 5.75 Å². The first kappa shape index (κ1) is 22.4. The number of carbonyl (C=O) groups is 2. The maximum atomic E-state index is 12.5. The number of carbonyl (C=O) groups excluding carboxylic acids is 1. The van der Waals surface area contributed by atoms with Crippen molar-refractivity contribution in [2.75, 3.05) is 6.61 Å². The maximum Gasteiger partial charge on any atom is 0.333 e. The zero-order chi connectivity index (χ0) is 21.8. The van der Waals surface area contributed by atoms with Gasteiger partial charge in [0, 0.05) is 30.0 Å². The number of hydrogen-bond donors (Lipinski definition) is 2. The summed E-state index contributed by atoms with van der Waals surface area (Å²) in [6.45, 7) is 4.37. The summed E-state index contributed by atoms with van der Waals surface area (Å²) in [5, 5.41) is 13.0. The van der Waals surface area contributed by atoms with Gasteiger partial charge in [-0.2, -0.15) is 0 Å². The first-order valence-electron chi connectivity index (χ1n) is 9.63. The first-order valence-corrected chi connectivity index (χ1v) is 10.4. The van der Waals surface area contributed by atoms with Gasteiger partial charge in [0.05, 0.1) is 23.3 Å². The molecule has 2 aromatic carbocycles. The molecule has 0 bridgehead atoms. The number of amides is 1. The lowest BCUT2D eigenvalue weighted by molar-refractivity contribution is -0.153. The monoisotopic (exact) mass is 451 g/mol. The molecule has 1 aliphatic heterocycles. The lowest BCUT2D eigenvalue weighted by Crippen LogP contribution is -2.29. The van der Waals surface area contributed by atoms with Gasteiger partial charge in [-0.3, -0.25) is 4.79 Å². The molecule has 160 valence electrons. The Morgan fingerprint density at radius 3 is 2.67 bits per heavy atom. The summed E-state index contributed by atoms with van der Waals surface area (Å²) in [7, 11) is 0. The molecule has 2 N–H and O–H groups in total. The molecule has 1 unspecified atom stereocenters. The van der Waals surface area contributed by atoms with Crippen molar-refractivity contribution in [3.8, 4) is 5.75 Å². The van der Waals surface area contributed by atoms with Gasteiger partial charge >= 0.3 is 5.97 Å². The average Bonchev–Trinajstić information content (AvgIpc) is 3.13. The molecule has 0 saturated heterocycles. The molecule has 0 saturated carbocycles. The highest BCUT2D eigenvalue weighted by Crippen LogP contribution is 2.32. The Balaban J connectivity index is 1.79. The predicted octanol–water partition coefficient (Wildman–Crippen LogP) is 4.28. The number of ether oxygens (including phenoxy) is 2. The molecule has 0 spiro atoms. The minimum absolute atomic E-state index is 0.202. The third-order valence-electron chi connectivity index (χ3n) is 4.67. The van der Waals surface area contributed by atoms with Gasteiger partial charge in [-0.15, -0.1) is 0 Å². The van der Waals surface area contributed by atoms with Crippen LogP contribution < -0.4 is 10.1 Å². The van der Waals surface area contributed by atoms with E-state index in [4.69, 9.17) is 32.7 Å². The standard InChI is InChI=1S/C22H23Cl2NO5/c1-12(2)30-19(22(27)28)9-13-7-14-5-6-29-20(14)15(8-13)11-25-21(26)17-4-3-16(23)10-18(17)24/h3-4,7-8,10,12,19H,5-6,9,11H2,1-2H3,(H,25,26)(H,27,28). The van der Waals surface area contributed by atoms with Gasteiger partial charge < -0.3 is 19.9 Å². The smallest absolute Gasteiger partial charge is 0.333 e. The summed E-state index contributed by atoms with van der Waals surface area (Å²) in [4.78, 5) is 24.1. The highest BCUT2D eigenvalue weighted by Gasteiger charge is 2.24. The van der Waals surface area contributed by atoms with Crippen LogP contribution in [0.2, 0.25) is 10.0 Å². The van der Waals surface area contributed by atoms with Crippen LogP contribution in [0.15, 0.2) is 30.3 Å². The number of fused-ring (bicyclic) bond motifs is 1. The van der Waals surface area contributed by atoms with Gasteiger partial charge in [-0.05, 0) is 43.2 Å². The van der Waals surface area contributed by atoms with Crippen molar-refractivity contribution >= 4 is 35.1 Å². The Morgan fingerprint density at radius 1 is 1.23 bits per heavy atom. The fraction of sp³-hybridized carbons (Fsp3) is 0.364. The maximum absolute atomic E-state index is 12.5. The highest BCUT2D eigenvalue weighted by atomic mass is 35.5. The SMILES string of the molecule is CC(C)OC(Cc1cc2c(c(CNC(=O)c3ccc(Cl)cc3Cl)c1)OCC2)C(=O)O. The van der Waals surface area contributed by atoms with E-state index in [-0.39, 0.29) is 30.0 Å². The van der Waals surface area contributed by atoms with Gasteiger partial charge in [0.15, 0.2) is 6.10 Å². The Labute approximate surface area is 185 Å². The molecule has 1 atom stereocenters. The molecule has 0 aromatic heterocycles. The Kier molecular flexibility index (Phi) is 7.23. The fourth-order valence-corrected chi connectivity index (χ4v) is 3.88. The van der Waals surface area contributed by atoms with Crippen LogP contribution in [-0.4, -0.2) is 35.8 Å². The summed E-state index contributed by atoms with van der Waals surface area (Å²) in [5.41, 5.74) is 2.93. The van der Waals surface area contributed by atoms with Crippen LogP contribution in [-0.2, 0) is 28.9 Å². The predicted molar refractivity (Wildman–Crippen MR) is 115 cm³/mol. The lowest BCUT2D eigenvalue weighted by Gasteiger charge is -2.18. The summed E-state index contributed by atoms with van der Waals surface area (Å²) >= 11 is 12.0. The number of rotatable bonds is 8. The van der Waals surface area contributed by atoms with E-state index in [2.05, 4.69) is 5.32 Å². The lowest BCUT2D eigenvalue weighted by atomic mass is 9.99. The molecular formula is C22H23Cl2NO5. The summed E-state index contributed by atoms with van der Waals surface area (Å²) in [6, 6.07) is 8.49. The number of carboxylic acids is 1. The molecule has 0 aliphatic carbocycles. The number of carboxylic acid groups (broad SMARTS) is 1. The summed E-state index contributed by atoms with van der Waals surface area (Å²) < 4.78 is 11.3. The van der Waals surface area contributed by atoms with E-state index in [1.807, 2.05) is 12.1 Å². The zero-order valence-corrected chi connectivity index (χ0v) is 18.2. The largest absolute Gasteiger partial charge is 0.493 e. The molecule has 3 rings (SSSR count). The fourth-order valence-electron chi connectivity index (χ4n) is 3.39. The van der Waals surface area contributed by atoms with Gasteiger partial charge in [0.25, 0.3) is 5.91 Å². The van der Waals surface area contributed by atoms with Crippen LogP contribution in [0, 0.1) is 0 Å². The van der Waals surface area contributed by atoms with Crippen molar-refractivity contribution < 1.29 is 24.2 Å². The van der Waals surface area contributed by atoms with Crippen LogP contribution in [0.1, 0.15) is 40.9 Å². The highest BCUT2D eigenvalue weighted by molar-refractivity contribution is 6.36. The molecule has 8 heteroatoms. The van der Waals surface area contributed by atoms with E-state index in [0.29, 0.717) is 17.2 Å². The van der Waals surface area contributed by atoms with E-state index in [1.165, 1.54) is 6.07 Å². The molecule has 1 amide bonds. The molecule has 6 nitrogen and oxygen atoms in total. The second kappa shape index (κ2) is 9.69. The minimum Gasteiger partial charge on any atom is -0.493 e. The van der Waals surface area contributed by atoms with Gasteiger partial charge in [-0.1, -0.05) is 35.3 Å². The van der Waals surface area contributed by atoms with Gasteiger partial charge in [-0.25, -0.2) is 4.79 Å². The number of nitrogens with one attached hydrogen (secondary N) is 1. The molecule has 0 fully saturated rings. The average molecular weight is 452 g/mol. The van der Waals surface area contributed by atoms with Crippen molar-refractivity contribution in [2.45, 2.75) is 45.4 Å². The quantitative estimate of drug-likeness (QED) is 0.625. The summed E-state index contributed by atoms with van der Waals surface area (Å²) in [5.74, 6) is -0.606. The van der Waals surface area contributed by atoms with Crippen molar-refractivity contribution in [1.29, 1.82) is 0 Å². The van der Waals surface area contributed by atoms with Crippen LogP contribution in [0.25, 0.3) is 0 Å². The number of hydrogen-bond acceptors (Lipinski definition) is 4. The van der Waals surface area contributed by atoms with Gasteiger partial charge in [0.2, 0.25) is 0 Å². The van der Waals surface area contributed by atoms with Crippen molar-refractivity contribution in [1.82, 2.24) is 5.32 Å². The minimum atomic E-state index is -1.01. The molecule has 1 heterocycles. The van der Waals surface area contributed by atoms with Crippen LogP contribution in [0.4, 0.5) is 0 Å². The van der Waals surface area contributed by atoms with E-state index in [0.717, 1.165) is 28.9 Å². The second-order valence-corrected chi connectivity index (χ2v) is 8.21. The van der Waals surface area contributed by atoms with Crippen LogP contribution in [0.5, 0.6) is 5.75 Å². The zero-order valence-electron chi connectivity index (χ0n) is 16.7. The second-order valence-electron chi connectivity index (χ2n) is 7.36. The van der Waals surface area contributed by atoms with Crippen LogP contribution >= 0.6 is 23.2 Å². The Bertz CT molecular complexity index is 961. The molecule has 1 aliphatic rings. The van der Waals surface area contributed by atoms with Crippen LogP contribution in [0.3, 0.4) is 0 Å². The van der Waals surface area contributed by atoms with Crippen molar-refractivity contribution in [3.63, 3.8) is 0 Å². The summed E-state index contributed by atoms with van der Waals surface area (Å²) in [6.07, 6.45) is -0.187. The Morgan fingerprint density at radius 2 is 2.00 bits per heavy atom. The van der Waals surface area contributed by atoms with Crippen molar-refractivity contribution in [3.05, 3.63) is 62.6 Å². The normalized spacial score (nSPS) is 13.6. The third kappa shape index (κ3) is 5.45. The number of benzene rings is 2. The van der Waals surface area contributed by atoms with E-state index < -0.39 is 12.1 Å². The topological polar surface area (TPSA) is 84.9 Å². The Hall–Kier alpha value is -2.28. The molecule has 2 aromatic rings. The van der Waals surface area contributed by atoms with Crippen molar-refractivity contribution in [2.24, 2.45) is 0 Å². The van der Waals surface area contributed by atoms with E-state index in [1.54, 1.807) is 26.0 Å². The molecular weight excluding hydrogens is 429 g/mol. The third-order valence-corrected chi connectivity index (χ3v) is 5.22. The first-order chi connectivity index (χ1) is 14.2. The molecule has 0 radical (unpaired) electrons.